The van der Waals surface area contributed by atoms with E-state index in [0.29, 0.717) is 33.8 Å². The molecule has 6 heteroatoms. The molecule has 31 heavy (non-hydrogen) atoms. The SMILES string of the molecule is COc1ccc(C(C)=O)cc1COC(=O)c1ccccc1SCc1ccc(C#N)cc1. The highest BCUT2D eigenvalue weighted by Gasteiger charge is 2.15. The minimum absolute atomic E-state index is 0.00223. The molecule has 0 bridgehead atoms. The van der Waals surface area contributed by atoms with Crippen LogP contribution in [-0.2, 0) is 17.1 Å². The number of benzene rings is 3. The number of esters is 1. The number of hydrogen-bond donors (Lipinski definition) is 0. The van der Waals surface area contributed by atoms with E-state index in [1.165, 1.54) is 25.8 Å². The number of carbonyl (C=O) groups excluding carboxylic acids is 2. The number of hydrogen-bond acceptors (Lipinski definition) is 6. The Hall–Kier alpha value is -3.56. The minimum Gasteiger partial charge on any atom is -0.496 e. The zero-order valence-electron chi connectivity index (χ0n) is 17.3. The van der Waals surface area contributed by atoms with Crippen molar-refractivity contribution in [3.8, 4) is 11.8 Å². The zero-order chi connectivity index (χ0) is 22.2. The van der Waals surface area contributed by atoms with Gasteiger partial charge in [-0.3, -0.25) is 4.79 Å². The van der Waals surface area contributed by atoms with Crippen molar-refractivity contribution < 1.29 is 19.1 Å². The molecule has 3 aromatic rings. The molecule has 5 nitrogen and oxygen atoms in total. The number of thioether (sulfide) groups is 1. The lowest BCUT2D eigenvalue weighted by molar-refractivity contribution is 0.0466. The van der Waals surface area contributed by atoms with Gasteiger partial charge in [0, 0.05) is 21.8 Å². The summed E-state index contributed by atoms with van der Waals surface area (Å²) in [5.41, 5.74) is 3.30. The highest BCUT2D eigenvalue weighted by atomic mass is 32.2. The predicted molar refractivity (Wildman–Crippen MR) is 119 cm³/mol. The molecule has 0 radical (unpaired) electrons. The number of carbonyl (C=O) groups is 2. The number of Topliss-reactive ketones (excluding diaryl/α,β-unsaturated/α-hetero) is 1. The van der Waals surface area contributed by atoms with Crippen molar-refractivity contribution in [1.82, 2.24) is 0 Å². The summed E-state index contributed by atoms with van der Waals surface area (Å²) in [5, 5.41) is 8.91. The molecule has 156 valence electrons. The van der Waals surface area contributed by atoms with Gasteiger partial charge >= 0.3 is 5.97 Å². The maximum atomic E-state index is 12.8. The van der Waals surface area contributed by atoms with Gasteiger partial charge in [0.15, 0.2) is 5.78 Å². The molecular formula is C25H21NO4S. The van der Waals surface area contributed by atoms with Crippen molar-refractivity contribution in [3.05, 3.63) is 94.5 Å². The van der Waals surface area contributed by atoms with Gasteiger partial charge in [0.1, 0.15) is 12.4 Å². The van der Waals surface area contributed by atoms with Gasteiger partial charge in [-0.2, -0.15) is 5.26 Å². The summed E-state index contributed by atoms with van der Waals surface area (Å²) >= 11 is 1.52. The van der Waals surface area contributed by atoms with E-state index >= 15 is 0 Å². The van der Waals surface area contributed by atoms with E-state index in [0.717, 1.165) is 10.5 Å². The van der Waals surface area contributed by atoms with Gasteiger partial charge in [-0.1, -0.05) is 24.3 Å². The van der Waals surface area contributed by atoms with Crippen LogP contribution in [0.3, 0.4) is 0 Å². The topological polar surface area (TPSA) is 76.4 Å². The Morgan fingerprint density at radius 1 is 1.03 bits per heavy atom. The van der Waals surface area contributed by atoms with Crippen LogP contribution < -0.4 is 4.74 Å². The Kier molecular flexibility index (Phi) is 7.47. The average molecular weight is 432 g/mol. The van der Waals surface area contributed by atoms with E-state index in [2.05, 4.69) is 6.07 Å². The summed E-state index contributed by atoms with van der Waals surface area (Å²) in [6, 6.07) is 21.8. The van der Waals surface area contributed by atoms with Crippen LogP contribution in [0.15, 0.2) is 71.6 Å². The Morgan fingerprint density at radius 3 is 2.45 bits per heavy atom. The summed E-state index contributed by atoms with van der Waals surface area (Å²) < 4.78 is 10.9. The molecule has 0 N–H and O–H groups in total. The summed E-state index contributed by atoms with van der Waals surface area (Å²) in [5.74, 6) is 0.698. The normalized spacial score (nSPS) is 10.2. The van der Waals surface area contributed by atoms with E-state index in [9.17, 15) is 9.59 Å². The summed E-state index contributed by atoms with van der Waals surface area (Å²) in [6.07, 6.45) is 0. The number of nitrogens with zero attached hydrogens (tertiary/aromatic N) is 1. The van der Waals surface area contributed by atoms with Gasteiger partial charge in [-0.25, -0.2) is 4.79 Å². The van der Waals surface area contributed by atoms with Gasteiger partial charge in [-0.05, 0) is 55.0 Å². The first-order valence-corrected chi connectivity index (χ1v) is 10.6. The zero-order valence-corrected chi connectivity index (χ0v) is 18.1. The van der Waals surface area contributed by atoms with Crippen LogP contribution in [0.2, 0.25) is 0 Å². The van der Waals surface area contributed by atoms with Crippen LogP contribution in [0.5, 0.6) is 5.75 Å². The largest absolute Gasteiger partial charge is 0.496 e. The van der Waals surface area contributed by atoms with Gasteiger partial charge in [0.25, 0.3) is 0 Å². The van der Waals surface area contributed by atoms with Crippen LogP contribution in [0.4, 0.5) is 0 Å². The molecule has 0 amide bonds. The summed E-state index contributed by atoms with van der Waals surface area (Å²) in [4.78, 5) is 25.2. The maximum Gasteiger partial charge on any atom is 0.339 e. The van der Waals surface area contributed by atoms with Gasteiger partial charge in [0.2, 0.25) is 0 Å². The number of methoxy groups -OCH3 is 1. The van der Waals surface area contributed by atoms with Crippen molar-refractivity contribution in [2.24, 2.45) is 0 Å². The van der Waals surface area contributed by atoms with E-state index in [1.807, 2.05) is 24.3 Å². The lowest BCUT2D eigenvalue weighted by atomic mass is 10.1. The monoisotopic (exact) mass is 431 g/mol. The molecule has 0 aromatic heterocycles. The first kappa shape index (κ1) is 22.1. The molecule has 3 aromatic carbocycles. The van der Waals surface area contributed by atoms with Gasteiger partial charge in [-0.15, -0.1) is 11.8 Å². The van der Waals surface area contributed by atoms with E-state index in [1.54, 1.807) is 42.5 Å². The molecule has 0 aliphatic heterocycles. The minimum atomic E-state index is -0.446. The molecule has 0 aliphatic rings. The highest BCUT2D eigenvalue weighted by Crippen LogP contribution is 2.28. The third-order valence-corrected chi connectivity index (χ3v) is 5.77. The van der Waals surface area contributed by atoms with Gasteiger partial charge < -0.3 is 9.47 Å². The third-order valence-electron chi connectivity index (χ3n) is 4.63. The summed E-state index contributed by atoms with van der Waals surface area (Å²) in [6.45, 7) is 1.48. The number of nitriles is 1. The molecule has 3 rings (SSSR count). The smallest absolute Gasteiger partial charge is 0.339 e. The Labute approximate surface area is 185 Å². The Balaban J connectivity index is 1.70. The fraction of sp³-hybridized carbons (Fsp3) is 0.160. The van der Waals surface area contributed by atoms with Crippen LogP contribution in [0.1, 0.15) is 44.3 Å². The molecule has 0 saturated carbocycles. The quantitative estimate of drug-likeness (QED) is 0.269. The second-order valence-electron chi connectivity index (χ2n) is 6.75. The van der Waals surface area contributed by atoms with Crippen LogP contribution in [-0.4, -0.2) is 18.9 Å². The second kappa shape index (κ2) is 10.5. The average Bonchev–Trinajstić information content (AvgIpc) is 2.81. The molecule has 0 fully saturated rings. The Bertz CT molecular complexity index is 1130. The Morgan fingerprint density at radius 2 is 1.77 bits per heavy atom. The maximum absolute atomic E-state index is 12.8. The fourth-order valence-corrected chi connectivity index (χ4v) is 3.93. The fourth-order valence-electron chi connectivity index (χ4n) is 2.93. The predicted octanol–water partition coefficient (Wildman–Crippen LogP) is 5.42. The molecule has 0 spiro atoms. The molecule has 0 unspecified atom stereocenters. The van der Waals surface area contributed by atoms with E-state index in [4.69, 9.17) is 14.7 Å². The molecule has 0 saturated heterocycles. The van der Waals surface area contributed by atoms with E-state index in [-0.39, 0.29) is 12.4 Å². The van der Waals surface area contributed by atoms with E-state index < -0.39 is 5.97 Å². The number of ketones is 1. The lowest BCUT2D eigenvalue weighted by Crippen LogP contribution is -2.08. The van der Waals surface area contributed by atoms with Gasteiger partial charge in [0.05, 0.1) is 24.3 Å². The third kappa shape index (κ3) is 5.74. The first-order chi connectivity index (χ1) is 15.0. The second-order valence-corrected chi connectivity index (χ2v) is 7.77. The van der Waals surface area contributed by atoms with Crippen molar-refractivity contribution >= 4 is 23.5 Å². The number of ether oxygens (including phenoxy) is 2. The van der Waals surface area contributed by atoms with Crippen molar-refractivity contribution in [1.29, 1.82) is 5.26 Å². The molecule has 0 heterocycles. The van der Waals surface area contributed by atoms with Crippen LogP contribution in [0, 0.1) is 11.3 Å². The molecular weight excluding hydrogens is 410 g/mol. The molecule has 0 aliphatic carbocycles. The van der Waals surface area contributed by atoms with Crippen molar-refractivity contribution in [2.45, 2.75) is 24.2 Å². The number of rotatable bonds is 8. The van der Waals surface area contributed by atoms with Crippen LogP contribution in [0.25, 0.3) is 0 Å². The van der Waals surface area contributed by atoms with Crippen LogP contribution >= 0.6 is 11.8 Å². The standard InChI is InChI=1S/C25H21NO4S/c1-17(27)20-11-12-23(29-2)21(13-20)15-30-25(28)22-5-3-4-6-24(22)31-16-19-9-7-18(14-26)8-10-19/h3-13H,15-16H2,1-2H3. The summed E-state index contributed by atoms with van der Waals surface area (Å²) in [7, 11) is 1.53. The van der Waals surface area contributed by atoms with Crippen molar-refractivity contribution in [2.75, 3.05) is 7.11 Å². The lowest BCUT2D eigenvalue weighted by Gasteiger charge is -2.12. The molecule has 0 atom stereocenters. The van der Waals surface area contributed by atoms with Crippen molar-refractivity contribution in [3.63, 3.8) is 0 Å². The highest BCUT2D eigenvalue weighted by molar-refractivity contribution is 7.98. The first-order valence-electron chi connectivity index (χ1n) is 9.57.